The van der Waals surface area contributed by atoms with Gasteiger partial charge in [0.1, 0.15) is 16.1 Å². The van der Waals surface area contributed by atoms with E-state index in [-0.39, 0.29) is 21.9 Å². The molecule has 5 nitrogen and oxygen atoms in total. The number of aromatic hydroxyl groups is 1. The van der Waals surface area contributed by atoms with Crippen molar-refractivity contribution >= 4 is 22.7 Å². The number of hydrogen-bond acceptors (Lipinski definition) is 5. The predicted octanol–water partition coefficient (Wildman–Crippen LogP) is 5.51. The molecule has 0 spiro atoms. The number of pyridine rings is 1. The Morgan fingerprint density at radius 3 is 2.29 bits per heavy atom. The molecule has 1 N–H and O–H groups in total. The molecular weight excluding hydrogens is 417 g/mol. The number of nitrogens with zero attached hydrogens (tertiary/aromatic N) is 1. The first-order valence-corrected chi connectivity index (χ1v) is 10.5. The largest absolute Gasteiger partial charge is 0.505 e. The normalized spacial score (nSPS) is 11.4. The highest BCUT2D eigenvalue weighted by atomic mass is 32.2. The maximum Gasteiger partial charge on any atom is 0.354 e. The van der Waals surface area contributed by atoms with Gasteiger partial charge in [-0.05, 0) is 50.6 Å². The first-order valence-electron chi connectivity index (χ1n) is 9.73. The standard InChI is InChI=1S/C24H20FNO4S/c1-13(2)26-19(15-7-5-4-6-8-15)14(3)21-18(23(26)28)20(27)22(24(29)30-21)31-17-11-9-16(25)10-12-17/h4-13,27H,1-3H3. The van der Waals surface area contributed by atoms with Crippen LogP contribution >= 0.6 is 11.8 Å². The molecule has 158 valence electrons. The Kier molecular flexibility index (Phi) is 5.45. The van der Waals surface area contributed by atoms with Crippen LogP contribution in [0.3, 0.4) is 0 Å². The summed E-state index contributed by atoms with van der Waals surface area (Å²) in [7, 11) is 0. The van der Waals surface area contributed by atoms with Gasteiger partial charge in [-0.2, -0.15) is 0 Å². The minimum absolute atomic E-state index is 0.0462. The molecule has 2 aromatic carbocycles. The number of rotatable bonds is 4. The van der Waals surface area contributed by atoms with Crippen molar-refractivity contribution in [1.82, 2.24) is 4.57 Å². The second-order valence-electron chi connectivity index (χ2n) is 7.44. The molecule has 0 aliphatic heterocycles. The third kappa shape index (κ3) is 3.65. The summed E-state index contributed by atoms with van der Waals surface area (Å²) in [5.74, 6) is -0.842. The molecule has 31 heavy (non-hydrogen) atoms. The Morgan fingerprint density at radius 2 is 1.68 bits per heavy atom. The van der Waals surface area contributed by atoms with E-state index in [2.05, 4.69) is 0 Å². The molecule has 0 saturated carbocycles. The molecule has 0 amide bonds. The van der Waals surface area contributed by atoms with Gasteiger partial charge in [-0.25, -0.2) is 9.18 Å². The van der Waals surface area contributed by atoms with Gasteiger partial charge in [-0.1, -0.05) is 42.1 Å². The number of benzene rings is 2. The topological polar surface area (TPSA) is 72.4 Å². The minimum atomic E-state index is -0.761. The summed E-state index contributed by atoms with van der Waals surface area (Å²) in [5, 5.41) is 10.9. The summed E-state index contributed by atoms with van der Waals surface area (Å²) in [6, 6.07) is 14.6. The molecule has 7 heteroatoms. The Hall–Kier alpha value is -3.32. The molecule has 0 bridgehead atoms. The van der Waals surface area contributed by atoms with Crippen molar-refractivity contribution < 1.29 is 13.9 Å². The Labute approximate surface area is 181 Å². The van der Waals surface area contributed by atoms with Crippen molar-refractivity contribution in [2.75, 3.05) is 0 Å². The number of aromatic nitrogens is 1. The van der Waals surface area contributed by atoms with E-state index in [1.807, 2.05) is 44.2 Å². The SMILES string of the molecule is Cc1c(-c2ccccc2)n(C(C)C)c(=O)c2c(O)c(Sc3ccc(F)cc3)c(=O)oc12. The van der Waals surface area contributed by atoms with Gasteiger partial charge in [0.2, 0.25) is 0 Å². The fraction of sp³-hybridized carbons (Fsp3) is 0.167. The van der Waals surface area contributed by atoms with Crippen LogP contribution in [0.4, 0.5) is 4.39 Å². The highest BCUT2D eigenvalue weighted by Crippen LogP contribution is 2.38. The van der Waals surface area contributed by atoms with E-state index in [9.17, 15) is 19.1 Å². The van der Waals surface area contributed by atoms with Crippen LogP contribution in [0, 0.1) is 12.7 Å². The zero-order valence-corrected chi connectivity index (χ0v) is 18.0. The van der Waals surface area contributed by atoms with Crippen LogP contribution in [0.5, 0.6) is 5.75 Å². The van der Waals surface area contributed by atoms with Crippen LogP contribution in [0.2, 0.25) is 0 Å². The molecule has 2 heterocycles. The second kappa shape index (κ2) is 8.07. The molecule has 0 aliphatic rings. The first kappa shape index (κ1) is 20.9. The minimum Gasteiger partial charge on any atom is -0.505 e. The second-order valence-corrected chi connectivity index (χ2v) is 8.52. The molecular formula is C24H20FNO4S. The Bertz CT molecular complexity index is 1390. The van der Waals surface area contributed by atoms with Gasteiger partial charge in [0.25, 0.3) is 5.56 Å². The third-order valence-corrected chi connectivity index (χ3v) is 6.10. The van der Waals surface area contributed by atoms with Crippen molar-refractivity contribution in [2.45, 2.75) is 36.6 Å². The number of hydrogen-bond donors (Lipinski definition) is 1. The monoisotopic (exact) mass is 437 g/mol. The molecule has 0 radical (unpaired) electrons. The maximum atomic E-state index is 13.5. The zero-order chi connectivity index (χ0) is 22.3. The third-order valence-electron chi connectivity index (χ3n) is 5.03. The van der Waals surface area contributed by atoms with Crippen molar-refractivity contribution in [3.63, 3.8) is 0 Å². The molecule has 4 aromatic rings. The Balaban J connectivity index is 2.04. The average molecular weight is 437 g/mol. The van der Waals surface area contributed by atoms with Crippen LogP contribution < -0.4 is 11.2 Å². The van der Waals surface area contributed by atoms with E-state index in [0.29, 0.717) is 16.2 Å². The summed E-state index contributed by atoms with van der Waals surface area (Å²) in [5.41, 5.74) is 0.876. The highest BCUT2D eigenvalue weighted by molar-refractivity contribution is 7.99. The molecule has 0 atom stereocenters. The van der Waals surface area contributed by atoms with Crippen molar-refractivity contribution in [3.8, 4) is 17.0 Å². The van der Waals surface area contributed by atoms with Crippen molar-refractivity contribution in [3.05, 3.63) is 86.8 Å². The summed E-state index contributed by atoms with van der Waals surface area (Å²) >= 11 is 0.923. The van der Waals surface area contributed by atoms with Crippen LogP contribution in [-0.4, -0.2) is 9.67 Å². The fourth-order valence-electron chi connectivity index (χ4n) is 3.64. The summed E-state index contributed by atoms with van der Waals surface area (Å²) in [6.45, 7) is 5.52. The van der Waals surface area contributed by atoms with E-state index in [0.717, 1.165) is 17.3 Å². The van der Waals surface area contributed by atoms with Crippen molar-refractivity contribution in [2.24, 2.45) is 0 Å². The van der Waals surface area contributed by atoms with E-state index >= 15 is 0 Å². The first-order chi connectivity index (χ1) is 14.8. The molecule has 0 fully saturated rings. The number of halogens is 1. The van der Waals surface area contributed by atoms with Gasteiger partial charge < -0.3 is 14.1 Å². The summed E-state index contributed by atoms with van der Waals surface area (Å²) in [6.07, 6.45) is 0. The van der Waals surface area contributed by atoms with E-state index in [1.54, 1.807) is 11.5 Å². The quantitative estimate of drug-likeness (QED) is 0.456. The van der Waals surface area contributed by atoms with E-state index in [4.69, 9.17) is 4.42 Å². The Morgan fingerprint density at radius 1 is 1.03 bits per heavy atom. The molecule has 4 rings (SSSR count). The van der Waals surface area contributed by atoms with E-state index < -0.39 is 22.8 Å². The van der Waals surface area contributed by atoms with Gasteiger partial charge in [-0.3, -0.25) is 4.79 Å². The van der Waals surface area contributed by atoms with Crippen LogP contribution in [0.15, 0.2) is 78.4 Å². The lowest BCUT2D eigenvalue weighted by Gasteiger charge is -2.21. The summed E-state index contributed by atoms with van der Waals surface area (Å²) in [4.78, 5) is 26.6. The van der Waals surface area contributed by atoms with Crippen LogP contribution in [0.1, 0.15) is 25.5 Å². The molecule has 0 aliphatic carbocycles. The number of fused-ring (bicyclic) bond motifs is 1. The van der Waals surface area contributed by atoms with Crippen LogP contribution in [0.25, 0.3) is 22.2 Å². The van der Waals surface area contributed by atoms with Gasteiger partial charge in [-0.15, -0.1) is 0 Å². The lowest BCUT2D eigenvalue weighted by Crippen LogP contribution is -2.26. The zero-order valence-electron chi connectivity index (χ0n) is 17.2. The predicted molar refractivity (Wildman–Crippen MR) is 119 cm³/mol. The fourth-order valence-corrected chi connectivity index (χ4v) is 4.47. The molecule has 2 aromatic heterocycles. The van der Waals surface area contributed by atoms with Gasteiger partial charge in [0, 0.05) is 16.5 Å². The van der Waals surface area contributed by atoms with E-state index in [1.165, 1.54) is 24.3 Å². The van der Waals surface area contributed by atoms with Gasteiger partial charge in [0.15, 0.2) is 11.3 Å². The average Bonchev–Trinajstić information content (AvgIpc) is 2.74. The lowest BCUT2D eigenvalue weighted by molar-refractivity contribution is 0.444. The highest BCUT2D eigenvalue weighted by Gasteiger charge is 2.25. The number of aryl methyl sites for hydroxylation is 1. The summed E-state index contributed by atoms with van der Waals surface area (Å²) < 4.78 is 20.4. The van der Waals surface area contributed by atoms with Crippen molar-refractivity contribution in [1.29, 1.82) is 0 Å². The smallest absolute Gasteiger partial charge is 0.354 e. The van der Waals surface area contributed by atoms with Gasteiger partial charge >= 0.3 is 5.63 Å². The van der Waals surface area contributed by atoms with Gasteiger partial charge in [0.05, 0.1) is 5.69 Å². The maximum absolute atomic E-state index is 13.5. The lowest BCUT2D eigenvalue weighted by atomic mass is 10.0. The molecule has 0 saturated heterocycles. The van der Waals surface area contributed by atoms with Crippen LogP contribution in [-0.2, 0) is 0 Å². The molecule has 0 unspecified atom stereocenters.